The molecule has 0 saturated carbocycles. The highest BCUT2D eigenvalue weighted by molar-refractivity contribution is 5.47. The predicted molar refractivity (Wildman–Crippen MR) is 25.3 cm³/mol. The van der Waals surface area contributed by atoms with Crippen LogP contribution in [0.5, 0.6) is 0 Å². The van der Waals surface area contributed by atoms with E-state index in [0.29, 0.717) is 6.41 Å². The molecule has 0 aliphatic heterocycles. The van der Waals surface area contributed by atoms with Crippen LogP contribution in [-0.4, -0.2) is 13.5 Å². The summed E-state index contributed by atoms with van der Waals surface area (Å²) in [5, 5.41) is 2.26. The normalized spacial score (nSPS) is 8.71. The van der Waals surface area contributed by atoms with E-state index in [4.69, 9.17) is 0 Å². The van der Waals surface area contributed by atoms with Crippen LogP contribution in [0.2, 0.25) is 0 Å². The molecule has 0 aromatic carbocycles. The van der Waals surface area contributed by atoms with E-state index < -0.39 is 0 Å². The third-order valence-corrected chi connectivity index (χ3v) is 0.368. The molecule has 0 bridgehead atoms. The van der Waals surface area contributed by atoms with E-state index in [1.165, 1.54) is 19.6 Å². The zero-order valence-corrected chi connectivity index (χ0v) is 4.05. The Kier molecular flexibility index (Phi) is 4.30. The molecular weight excluding hydrogens is 94.0 g/mol. The molecule has 3 heteroatoms. The van der Waals surface area contributed by atoms with Gasteiger partial charge in [-0.3, -0.25) is 4.79 Å². The van der Waals surface area contributed by atoms with E-state index >= 15 is 0 Å². The van der Waals surface area contributed by atoms with Crippen molar-refractivity contribution in [3.63, 3.8) is 0 Å². The average Bonchev–Trinajstić information content (AvgIpc) is 1.69. The summed E-state index contributed by atoms with van der Waals surface area (Å²) in [4.78, 5) is 9.46. The molecule has 0 rings (SSSR count). The van der Waals surface area contributed by atoms with Crippen LogP contribution in [0.3, 0.4) is 0 Å². The van der Waals surface area contributed by atoms with Crippen molar-refractivity contribution in [1.29, 1.82) is 0 Å². The molecule has 0 aliphatic carbocycles. The topological polar surface area (TPSA) is 38.3 Å². The van der Waals surface area contributed by atoms with Crippen molar-refractivity contribution in [2.75, 3.05) is 7.11 Å². The van der Waals surface area contributed by atoms with Gasteiger partial charge in [0.25, 0.3) is 0 Å². The Balaban J connectivity index is 2.92. The molecule has 0 atom stereocenters. The van der Waals surface area contributed by atoms with E-state index in [1.807, 2.05) is 0 Å². The maximum atomic E-state index is 9.46. The van der Waals surface area contributed by atoms with Crippen molar-refractivity contribution >= 4 is 6.41 Å². The fourth-order valence-corrected chi connectivity index (χ4v) is 0.147. The molecule has 0 aromatic rings. The van der Waals surface area contributed by atoms with Gasteiger partial charge in [0.1, 0.15) is 0 Å². The molecular formula is C4H7NO2. The van der Waals surface area contributed by atoms with Gasteiger partial charge in [0, 0.05) is 6.20 Å². The van der Waals surface area contributed by atoms with E-state index in [2.05, 4.69) is 10.1 Å². The Morgan fingerprint density at radius 3 is 2.86 bits per heavy atom. The van der Waals surface area contributed by atoms with Gasteiger partial charge >= 0.3 is 0 Å². The Labute approximate surface area is 42.0 Å². The fraction of sp³-hybridized carbons (Fsp3) is 0.250. The molecule has 0 fully saturated rings. The van der Waals surface area contributed by atoms with Crippen LogP contribution in [0, 0.1) is 0 Å². The lowest BCUT2D eigenvalue weighted by molar-refractivity contribution is -0.108. The molecule has 0 unspecified atom stereocenters. The summed E-state index contributed by atoms with van der Waals surface area (Å²) in [6.07, 6.45) is 3.33. The van der Waals surface area contributed by atoms with Crippen molar-refractivity contribution in [2.24, 2.45) is 0 Å². The van der Waals surface area contributed by atoms with Crippen molar-refractivity contribution in [1.82, 2.24) is 5.32 Å². The Morgan fingerprint density at radius 2 is 2.43 bits per heavy atom. The second-order valence-electron chi connectivity index (χ2n) is 0.823. The van der Waals surface area contributed by atoms with Gasteiger partial charge in [-0.25, -0.2) is 0 Å². The number of rotatable bonds is 3. The Hall–Kier alpha value is -0.990. The van der Waals surface area contributed by atoms with Gasteiger partial charge in [0.15, 0.2) is 0 Å². The lowest BCUT2D eigenvalue weighted by atomic mass is 10.9. The van der Waals surface area contributed by atoms with Gasteiger partial charge in [-0.05, 0) is 0 Å². The molecule has 0 saturated heterocycles. The van der Waals surface area contributed by atoms with Crippen LogP contribution in [0.1, 0.15) is 0 Å². The van der Waals surface area contributed by atoms with Crippen molar-refractivity contribution in [3.8, 4) is 0 Å². The number of ether oxygens (including phenoxy) is 1. The number of nitrogens with one attached hydrogen (secondary N) is 1. The molecule has 40 valence electrons. The van der Waals surface area contributed by atoms with E-state index in [0.717, 1.165) is 0 Å². The first-order chi connectivity index (χ1) is 3.41. The smallest absolute Gasteiger partial charge is 0.211 e. The third kappa shape index (κ3) is 5.01. The minimum Gasteiger partial charge on any atom is -0.503 e. The van der Waals surface area contributed by atoms with E-state index in [1.54, 1.807) is 0 Å². The van der Waals surface area contributed by atoms with Gasteiger partial charge in [0.2, 0.25) is 6.41 Å². The summed E-state index contributed by atoms with van der Waals surface area (Å²) in [5.41, 5.74) is 0. The van der Waals surface area contributed by atoms with Gasteiger partial charge in [0.05, 0.1) is 13.4 Å². The zero-order valence-electron chi connectivity index (χ0n) is 4.05. The highest BCUT2D eigenvalue weighted by Crippen LogP contribution is 1.62. The maximum Gasteiger partial charge on any atom is 0.211 e. The Morgan fingerprint density at radius 1 is 1.71 bits per heavy atom. The number of amides is 1. The summed E-state index contributed by atoms with van der Waals surface area (Å²) >= 11 is 0. The lowest BCUT2D eigenvalue weighted by Gasteiger charge is -1.82. The van der Waals surface area contributed by atoms with Crippen LogP contribution in [0.4, 0.5) is 0 Å². The minimum absolute atomic E-state index is 0.565. The first-order valence-electron chi connectivity index (χ1n) is 1.79. The van der Waals surface area contributed by atoms with Crippen molar-refractivity contribution in [3.05, 3.63) is 12.5 Å². The fourth-order valence-electron chi connectivity index (χ4n) is 0.147. The summed E-state index contributed by atoms with van der Waals surface area (Å²) in [6, 6.07) is 0. The summed E-state index contributed by atoms with van der Waals surface area (Å²) < 4.78 is 4.44. The van der Waals surface area contributed by atoms with Gasteiger partial charge in [-0.15, -0.1) is 0 Å². The molecule has 0 spiro atoms. The molecule has 0 radical (unpaired) electrons. The van der Waals surface area contributed by atoms with E-state index in [-0.39, 0.29) is 0 Å². The highest BCUT2D eigenvalue weighted by Gasteiger charge is 1.61. The van der Waals surface area contributed by atoms with Gasteiger partial charge in [-0.1, -0.05) is 0 Å². The number of carbonyl (C=O) groups is 1. The van der Waals surface area contributed by atoms with Crippen molar-refractivity contribution in [2.45, 2.75) is 0 Å². The number of hydrogen-bond acceptors (Lipinski definition) is 2. The SMILES string of the molecule is CO/C=C/NC=O. The first-order valence-corrected chi connectivity index (χ1v) is 1.79. The second kappa shape index (κ2) is 5.01. The Bertz CT molecular complexity index is 70.1. The van der Waals surface area contributed by atoms with Gasteiger partial charge < -0.3 is 10.1 Å². The number of hydrogen-bond donors (Lipinski definition) is 1. The molecule has 0 heterocycles. The molecule has 1 amide bonds. The molecule has 0 aliphatic rings. The number of methoxy groups -OCH3 is 1. The molecule has 1 N–H and O–H groups in total. The lowest BCUT2D eigenvalue weighted by Crippen LogP contribution is -1.98. The second-order valence-corrected chi connectivity index (χ2v) is 0.823. The maximum absolute atomic E-state index is 9.46. The van der Waals surface area contributed by atoms with Crippen LogP contribution in [-0.2, 0) is 9.53 Å². The first kappa shape index (κ1) is 6.01. The standard InChI is InChI=1S/C4H7NO2/c1-7-3-2-5-4-6/h2-4H,1H3,(H,5,6)/b3-2+. The van der Waals surface area contributed by atoms with Gasteiger partial charge in [-0.2, -0.15) is 0 Å². The average molecular weight is 101 g/mol. The quantitative estimate of drug-likeness (QED) is 0.396. The van der Waals surface area contributed by atoms with Crippen LogP contribution in [0.15, 0.2) is 12.5 Å². The predicted octanol–water partition coefficient (Wildman–Crippen LogP) is -0.150. The van der Waals surface area contributed by atoms with Crippen LogP contribution >= 0.6 is 0 Å². The minimum atomic E-state index is 0.565. The molecule has 7 heavy (non-hydrogen) atoms. The highest BCUT2D eigenvalue weighted by atomic mass is 16.5. The monoisotopic (exact) mass is 101 g/mol. The summed E-state index contributed by atoms with van der Waals surface area (Å²) in [6.45, 7) is 0. The van der Waals surface area contributed by atoms with Crippen LogP contribution < -0.4 is 5.32 Å². The zero-order chi connectivity index (χ0) is 5.54. The third-order valence-electron chi connectivity index (χ3n) is 0.368. The molecule has 3 nitrogen and oxygen atoms in total. The van der Waals surface area contributed by atoms with Crippen molar-refractivity contribution < 1.29 is 9.53 Å². The van der Waals surface area contributed by atoms with E-state index in [9.17, 15) is 4.79 Å². The largest absolute Gasteiger partial charge is 0.503 e. The van der Waals surface area contributed by atoms with Crippen LogP contribution in [0.25, 0.3) is 0 Å². The number of carbonyl (C=O) groups excluding carboxylic acids is 1. The summed E-state index contributed by atoms with van der Waals surface area (Å²) in [7, 11) is 1.50. The summed E-state index contributed by atoms with van der Waals surface area (Å²) in [5.74, 6) is 0. The molecule has 0 aromatic heterocycles.